The summed E-state index contributed by atoms with van der Waals surface area (Å²) >= 11 is 0. The molecular weight excluding hydrogens is 777 g/mol. The van der Waals surface area contributed by atoms with Crippen molar-refractivity contribution in [3.63, 3.8) is 0 Å². The molecule has 0 bridgehead atoms. The van der Waals surface area contributed by atoms with Crippen molar-refractivity contribution in [2.75, 3.05) is 40.5 Å². The normalized spacial score (nSPS) is 19.1. The topological polar surface area (TPSA) is 184 Å². The van der Waals surface area contributed by atoms with Crippen molar-refractivity contribution < 1.29 is 33.4 Å². The van der Waals surface area contributed by atoms with E-state index in [-0.39, 0.29) is 35.7 Å². The van der Waals surface area contributed by atoms with E-state index in [1.165, 1.54) is 14.2 Å². The smallest absolute Gasteiger partial charge is 0.407 e. The number of methoxy groups -OCH3 is 2. The van der Waals surface area contributed by atoms with E-state index in [9.17, 15) is 19.2 Å². The number of hydrogen-bond donors (Lipinski definition) is 4. The molecule has 0 spiro atoms. The van der Waals surface area contributed by atoms with Crippen LogP contribution in [-0.4, -0.2) is 106 Å². The standard InChI is InChI=1S/C46H52N8O7/c1-27(2)39(51-45(57)59-3)43(55)53-21-5-7-37(53)41-47-33-17-13-29(25-35(33)49-41)10-9-28-11-14-30(15-12-28)32-16-18-34-36(26-32)50-42(48-34)38-8-6-22-54(38)44(56)40(52-46(58)60-4)31-19-23-61-24-20-31/h11-18,25-27,31,37-40H,5-8,19-24H2,1-4H3,(H,47,49)(H,48,50)(H,51,57)(H,52,58)/t37?,38?,39-,40?/m0/s1. The molecule has 5 aromatic rings. The number of benzene rings is 3. The summed E-state index contributed by atoms with van der Waals surface area (Å²) in [4.78, 5) is 72.2. The van der Waals surface area contributed by atoms with Crippen LogP contribution in [0.3, 0.4) is 0 Å². The van der Waals surface area contributed by atoms with Gasteiger partial charge in [0, 0.05) is 37.4 Å². The first-order valence-corrected chi connectivity index (χ1v) is 21.1. The number of amides is 4. The van der Waals surface area contributed by atoms with Crippen LogP contribution in [0, 0.1) is 23.7 Å². The van der Waals surface area contributed by atoms with E-state index >= 15 is 0 Å². The summed E-state index contributed by atoms with van der Waals surface area (Å²) in [6, 6.07) is 18.2. The predicted octanol–water partition coefficient (Wildman–Crippen LogP) is 6.36. The Morgan fingerprint density at radius 2 is 1.25 bits per heavy atom. The van der Waals surface area contributed by atoms with Crippen molar-refractivity contribution in [2.45, 2.75) is 76.5 Å². The average molecular weight is 829 g/mol. The minimum absolute atomic E-state index is 0.0318. The lowest BCUT2D eigenvalue weighted by atomic mass is 9.90. The molecule has 3 aliphatic rings. The van der Waals surface area contributed by atoms with E-state index < -0.39 is 24.3 Å². The molecule has 318 valence electrons. The van der Waals surface area contributed by atoms with E-state index in [0.29, 0.717) is 45.0 Å². The number of alkyl carbamates (subject to hydrolysis) is 2. The first-order chi connectivity index (χ1) is 29.6. The minimum Gasteiger partial charge on any atom is -0.453 e. The Labute approximate surface area is 354 Å². The predicted molar refractivity (Wildman–Crippen MR) is 228 cm³/mol. The molecule has 0 radical (unpaired) electrons. The van der Waals surface area contributed by atoms with Crippen molar-refractivity contribution in [1.82, 2.24) is 40.4 Å². The lowest BCUT2D eigenvalue weighted by Crippen LogP contribution is -2.53. The number of aromatic amines is 2. The average Bonchev–Trinajstić information content (AvgIpc) is 4.12. The highest BCUT2D eigenvalue weighted by atomic mass is 16.5. The fraction of sp³-hybridized carbons (Fsp3) is 0.435. The van der Waals surface area contributed by atoms with Gasteiger partial charge < -0.3 is 44.6 Å². The number of carbonyl (C=O) groups excluding carboxylic acids is 4. The van der Waals surface area contributed by atoms with Gasteiger partial charge in [-0.05, 0) is 104 Å². The van der Waals surface area contributed by atoms with Gasteiger partial charge in [0.15, 0.2) is 0 Å². The zero-order valence-electron chi connectivity index (χ0n) is 35.0. The molecule has 3 aromatic carbocycles. The van der Waals surface area contributed by atoms with Gasteiger partial charge in [0.2, 0.25) is 11.8 Å². The number of aromatic nitrogens is 4. The van der Waals surface area contributed by atoms with Gasteiger partial charge in [-0.2, -0.15) is 0 Å². The van der Waals surface area contributed by atoms with Crippen molar-refractivity contribution in [1.29, 1.82) is 0 Å². The number of ether oxygens (including phenoxy) is 3. The summed E-state index contributed by atoms with van der Waals surface area (Å²) in [6.07, 6.45) is 3.36. The second-order valence-electron chi connectivity index (χ2n) is 16.3. The Kier molecular flexibility index (Phi) is 12.2. The molecule has 0 aliphatic carbocycles. The van der Waals surface area contributed by atoms with Gasteiger partial charge in [-0.1, -0.05) is 43.9 Å². The van der Waals surface area contributed by atoms with Crippen LogP contribution in [0.2, 0.25) is 0 Å². The summed E-state index contributed by atoms with van der Waals surface area (Å²) < 4.78 is 15.2. The fourth-order valence-corrected chi connectivity index (χ4v) is 8.82. The van der Waals surface area contributed by atoms with Gasteiger partial charge in [0.05, 0.1) is 48.4 Å². The van der Waals surface area contributed by atoms with Gasteiger partial charge in [-0.25, -0.2) is 19.6 Å². The lowest BCUT2D eigenvalue weighted by molar-refractivity contribution is -0.137. The number of nitrogens with zero attached hydrogens (tertiary/aromatic N) is 4. The number of fused-ring (bicyclic) bond motifs is 2. The Morgan fingerprint density at radius 1 is 0.705 bits per heavy atom. The zero-order chi connectivity index (χ0) is 42.6. The van der Waals surface area contributed by atoms with Crippen LogP contribution in [0.4, 0.5) is 9.59 Å². The molecule has 3 unspecified atom stereocenters. The van der Waals surface area contributed by atoms with Gasteiger partial charge in [-0.3, -0.25) is 9.59 Å². The van der Waals surface area contributed by atoms with Crippen LogP contribution < -0.4 is 10.6 Å². The Hall–Kier alpha value is -6.40. The van der Waals surface area contributed by atoms with Crippen LogP contribution in [0.25, 0.3) is 33.2 Å². The number of carbonyl (C=O) groups is 4. The van der Waals surface area contributed by atoms with Crippen LogP contribution in [0.5, 0.6) is 0 Å². The number of rotatable bonds is 9. The van der Waals surface area contributed by atoms with E-state index in [1.54, 1.807) is 4.90 Å². The Balaban J connectivity index is 0.941. The number of nitrogens with one attached hydrogen (secondary N) is 4. The zero-order valence-corrected chi connectivity index (χ0v) is 35.0. The monoisotopic (exact) mass is 828 g/mol. The molecular formula is C46H52N8O7. The molecule has 4 amide bonds. The van der Waals surface area contributed by atoms with Crippen LogP contribution in [0.1, 0.15) is 87.2 Å². The molecule has 3 fully saturated rings. The van der Waals surface area contributed by atoms with Crippen LogP contribution in [0.15, 0.2) is 60.7 Å². The van der Waals surface area contributed by atoms with Crippen LogP contribution in [-0.2, 0) is 23.8 Å². The number of likely N-dealkylation sites (tertiary alicyclic amines) is 2. The van der Waals surface area contributed by atoms with E-state index in [2.05, 4.69) is 38.5 Å². The molecule has 0 saturated carbocycles. The highest BCUT2D eigenvalue weighted by Gasteiger charge is 2.41. The summed E-state index contributed by atoms with van der Waals surface area (Å²) in [6.45, 7) is 6.08. The third-order valence-electron chi connectivity index (χ3n) is 12.1. The van der Waals surface area contributed by atoms with Gasteiger partial charge in [0.1, 0.15) is 23.7 Å². The first-order valence-electron chi connectivity index (χ1n) is 21.1. The molecule has 3 saturated heterocycles. The van der Waals surface area contributed by atoms with Crippen molar-refractivity contribution >= 4 is 46.1 Å². The van der Waals surface area contributed by atoms with Gasteiger partial charge in [0.25, 0.3) is 0 Å². The molecule has 15 heteroatoms. The van der Waals surface area contributed by atoms with E-state index in [0.717, 1.165) is 75.8 Å². The Morgan fingerprint density at radius 3 is 1.87 bits per heavy atom. The van der Waals surface area contributed by atoms with Crippen LogP contribution >= 0.6 is 0 Å². The molecule has 15 nitrogen and oxygen atoms in total. The molecule has 4 N–H and O–H groups in total. The molecule has 5 heterocycles. The van der Waals surface area contributed by atoms with Crippen molar-refractivity contribution in [3.8, 4) is 23.0 Å². The highest BCUT2D eigenvalue weighted by Crippen LogP contribution is 2.35. The highest BCUT2D eigenvalue weighted by molar-refractivity contribution is 5.88. The fourth-order valence-electron chi connectivity index (χ4n) is 8.82. The van der Waals surface area contributed by atoms with Gasteiger partial charge in [-0.15, -0.1) is 0 Å². The maximum absolute atomic E-state index is 14.0. The van der Waals surface area contributed by atoms with Gasteiger partial charge >= 0.3 is 12.2 Å². The first kappa shape index (κ1) is 41.3. The van der Waals surface area contributed by atoms with Crippen molar-refractivity contribution in [3.05, 3.63) is 83.4 Å². The number of hydrogen-bond acceptors (Lipinski definition) is 9. The summed E-state index contributed by atoms with van der Waals surface area (Å²) in [5.41, 5.74) is 7.07. The van der Waals surface area contributed by atoms with Crippen molar-refractivity contribution in [2.24, 2.45) is 11.8 Å². The number of imidazole rings is 2. The SMILES string of the molecule is COC(=O)NC(C(=O)N1CCCC1c1nc2ccc(-c3ccc(C#Cc4ccc5nc(C6CCCN6C(=O)[C@@H](NC(=O)OC)C(C)C)[nH]c5c4)cc3)cc2[nH]1)C1CCOCC1. The molecule has 2 aromatic heterocycles. The number of H-pyrrole nitrogens is 2. The summed E-state index contributed by atoms with van der Waals surface area (Å²) in [7, 11) is 2.60. The Bertz CT molecular complexity index is 2480. The lowest BCUT2D eigenvalue weighted by Gasteiger charge is -2.34. The van der Waals surface area contributed by atoms with E-state index in [4.69, 9.17) is 24.2 Å². The molecule has 4 atom stereocenters. The quantitative estimate of drug-likeness (QED) is 0.123. The third kappa shape index (κ3) is 8.90. The second-order valence-corrected chi connectivity index (χ2v) is 16.3. The minimum atomic E-state index is -0.698. The summed E-state index contributed by atoms with van der Waals surface area (Å²) in [5.74, 6) is 7.61. The molecule has 8 rings (SSSR count). The maximum Gasteiger partial charge on any atom is 0.407 e. The van der Waals surface area contributed by atoms with E-state index in [1.807, 2.05) is 73.3 Å². The second kappa shape index (κ2) is 18.1. The third-order valence-corrected chi connectivity index (χ3v) is 12.1. The molecule has 3 aliphatic heterocycles. The largest absolute Gasteiger partial charge is 0.453 e. The molecule has 61 heavy (non-hydrogen) atoms. The summed E-state index contributed by atoms with van der Waals surface area (Å²) in [5, 5.41) is 5.51. The maximum atomic E-state index is 14.0.